The Kier molecular flexibility index (Phi) is 8.90. The topological polar surface area (TPSA) is 96.7 Å². The molecule has 28 heavy (non-hydrogen) atoms. The number of nitrogens with zero attached hydrogens (tertiary/aromatic N) is 4. The Morgan fingerprint density at radius 2 is 1.36 bits per heavy atom. The summed E-state index contributed by atoms with van der Waals surface area (Å²) in [7, 11) is 1.90. The van der Waals surface area contributed by atoms with Crippen molar-refractivity contribution < 1.29 is 19.8 Å². The van der Waals surface area contributed by atoms with Gasteiger partial charge >= 0.3 is 11.9 Å². The molecule has 2 fully saturated rings. The van der Waals surface area contributed by atoms with Gasteiger partial charge in [0.25, 0.3) is 0 Å². The first-order valence-electron chi connectivity index (χ1n) is 9.69. The summed E-state index contributed by atoms with van der Waals surface area (Å²) in [5.41, 5.74) is 1.23. The SMILES string of the molecule is CN=C(c1ccccc1)N1CCN(CCN2CCCC2)CC1.O=C(O)C(=O)O. The van der Waals surface area contributed by atoms with Crippen molar-refractivity contribution in [1.82, 2.24) is 14.7 Å². The maximum absolute atomic E-state index is 9.10. The average Bonchev–Trinajstić information content (AvgIpc) is 3.23. The molecule has 1 aromatic carbocycles. The van der Waals surface area contributed by atoms with E-state index in [9.17, 15) is 0 Å². The van der Waals surface area contributed by atoms with Gasteiger partial charge in [0, 0.05) is 51.9 Å². The lowest BCUT2D eigenvalue weighted by molar-refractivity contribution is -0.159. The number of amidine groups is 1. The molecule has 0 unspecified atom stereocenters. The van der Waals surface area contributed by atoms with Crippen LogP contribution in [0.15, 0.2) is 35.3 Å². The van der Waals surface area contributed by atoms with Crippen LogP contribution in [0.4, 0.5) is 0 Å². The molecule has 0 spiro atoms. The lowest BCUT2D eigenvalue weighted by atomic mass is 10.1. The van der Waals surface area contributed by atoms with Gasteiger partial charge in [0.1, 0.15) is 5.84 Å². The number of carboxylic acid groups (broad SMARTS) is 2. The molecule has 0 saturated carbocycles. The van der Waals surface area contributed by atoms with Gasteiger partial charge in [-0.05, 0) is 25.9 Å². The molecule has 2 saturated heterocycles. The van der Waals surface area contributed by atoms with Crippen molar-refractivity contribution in [1.29, 1.82) is 0 Å². The Labute approximate surface area is 166 Å². The molecule has 0 aromatic heterocycles. The smallest absolute Gasteiger partial charge is 0.414 e. The molecule has 0 aliphatic carbocycles. The van der Waals surface area contributed by atoms with Crippen LogP contribution in [0.25, 0.3) is 0 Å². The van der Waals surface area contributed by atoms with Crippen molar-refractivity contribution in [3.8, 4) is 0 Å². The van der Waals surface area contributed by atoms with Crippen LogP contribution in [0.2, 0.25) is 0 Å². The monoisotopic (exact) mass is 390 g/mol. The van der Waals surface area contributed by atoms with E-state index in [2.05, 4.69) is 50.0 Å². The van der Waals surface area contributed by atoms with Crippen LogP contribution >= 0.6 is 0 Å². The van der Waals surface area contributed by atoms with Gasteiger partial charge < -0.3 is 20.0 Å². The minimum atomic E-state index is -1.82. The summed E-state index contributed by atoms with van der Waals surface area (Å²) in [6.45, 7) is 9.55. The van der Waals surface area contributed by atoms with Crippen LogP contribution in [-0.2, 0) is 9.59 Å². The molecule has 8 nitrogen and oxygen atoms in total. The van der Waals surface area contributed by atoms with Crippen LogP contribution < -0.4 is 0 Å². The standard InChI is InChI=1S/C18H28N4.C2H2O4/c1-19-18(17-7-3-2-4-8-17)22-15-13-21(14-16-22)12-11-20-9-5-6-10-20;3-1(4)2(5)6/h2-4,7-8H,5-6,9-16H2,1H3;(H,3,4)(H,5,6). The quantitative estimate of drug-likeness (QED) is 0.448. The van der Waals surface area contributed by atoms with Crippen molar-refractivity contribution in [2.75, 3.05) is 59.4 Å². The Hall–Kier alpha value is -2.45. The van der Waals surface area contributed by atoms with E-state index < -0.39 is 11.9 Å². The molecule has 8 heteroatoms. The molecule has 0 amide bonds. The fourth-order valence-electron chi connectivity index (χ4n) is 3.51. The first-order valence-corrected chi connectivity index (χ1v) is 9.69. The average molecular weight is 390 g/mol. The van der Waals surface area contributed by atoms with E-state index in [1.165, 1.54) is 44.6 Å². The highest BCUT2D eigenvalue weighted by molar-refractivity contribution is 6.27. The van der Waals surface area contributed by atoms with E-state index in [0.717, 1.165) is 32.0 Å². The molecule has 2 aliphatic heterocycles. The molecule has 2 N–H and O–H groups in total. The van der Waals surface area contributed by atoms with Crippen molar-refractivity contribution >= 4 is 17.8 Å². The van der Waals surface area contributed by atoms with Gasteiger partial charge in [-0.3, -0.25) is 9.89 Å². The number of aliphatic carboxylic acids is 2. The second kappa shape index (κ2) is 11.4. The van der Waals surface area contributed by atoms with E-state index in [1.54, 1.807) is 0 Å². The fourth-order valence-corrected chi connectivity index (χ4v) is 3.51. The number of aliphatic imine (C=N–C) groups is 1. The maximum atomic E-state index is 9.10. The van der Waals surface area contributed by atoms with Crippen LogP contribution in [0.1, 0.15) is 18.4 Å². The van der Waals surface area contributed by atoms with Gasteiger partial charge in [0.15, 0.2) is 0 Å². The second-order valence-corrected chi connectivity index (χ2v) is 6.90. The van der Waals surface area contributed by atoms with Gasteiger partial charge in [-0.2, -0.15) is 0 Å². The highest BCUT2D eigenvalue weighted by Crippen LogP contribution is 2.11. The molecule has 0 radical (unpaired) electrons. The minimum Gasteiger partial charge on any atom is -0.473 e. The summed E-state index contributed by atoms with van der Waals surface area (Å²) in [5, 5.41) is 14.8. The predicted molar refractivity (Wildman–Crippen MR) is 108 cm³/mol. The first-order chi connectivity index (χ1) is 13.5. The zero-order valence-corrected chi connectivity index (χ0v) is 16.5. The number of likely N-dealkylation sites (tertiary alicyclic amines) is 1. The minimum absolute atomic E-state index is 1.08. The van der Waals surface area contributed by atoms with E-state index in [4.69, 9.17) is 19.8 Å². The summed E-state index contributed by atoms with van der Waals surface area (Å²) >= 11 is 0. The van der Waals surface area contributed by atoms with Crippen LogP contribution in [0.3, 0.4) is 0 Å². The van der Waals surface area contributed by atoms with E-state index in [0.29, 0.717) is 0 Å². The van der Waals surface area contributed by atoms with Gasteiger partial charge in [-0.25, -0.2) is 9.59 Å². The predicted octanol–water partition coefficient (Wildman–Crippen LogP) is 0.932. The Morgan fingerprint density at radius 1 is 0.857 bits per heavy atom. The number of hydrogen-bond acceptors (Lipinski definition) is 5. The summed E-state index contributed by atoms with van der Waals surface area (Å²) < 4.78 is 0. The van der Waals surface area contributed by atoms with Gasteiger partial charge in [-0.1, -0.05) is 30.3 Å². The third-order valence-corrected chi connectivity index (χ3v) is 5.03. The molecular formula is C20H30N4O4. The Bertz CT molecular complexity index is 639. The zero-order valence-electron chi connectivity index (χ0n) is 16.5. The van der Waals surface area contributed by atoms with E-state index in [1.807, 2.05) is 7.05 Å². The van der Waals surface area contributed by atoms with Gasteiger partial charge in [0.2, 0.25) is 0 Å². The third-order valence-electron chi connectivity index (χ3n) is 5.03. The first kappa shape index (κ1) is 21.8. The number of piperazine rings is 1. The third kappa shape index (κ3) is 6.94. The highest BCUT2D eigenvalue weighted by Gasteiger charge is 2.21. The molecular weight excluding hydrogens is 360 g/mol. The maximum Gasteiger partial charge on any atom is 0.414 e. The number of carboxylic acids is 2. The normalized spacial score (nSPS) is 18.5. The lowest BCUT2D eigenvalue weighted by Gasteiger charge is -2.37. The van der Waals surface area contributed by atoms with E-state index >= 15 is 0 Å². The molecule has 0 bridgehead atoms. The molecule has 0 atom stereocenters. The summed E-state index contributed by atoms with van der Waals surface area (Å²) in [4.78, 5) is 30.4. The van der Waals surface area contributed by atoms with Gasteiger partial charge in [-0.15, -0.1) is 0 Å². The highest BCUT2D eigenvalue weighted by atomic mass is 16.4. The second-order valence-electron chi connectivity index (χ2n) is 6.90. The number of carbonyl (C=O) groups is 2. The van der Waals surface area contributed by atoms with Crippen molar-refractivity contribution in [2.45, 2.75) is 12.8 Å². The van der Waals surface area contributed by atoms with Crippen LogP contribution in [0.5, 0.6) is 0 Å². The van der Waals surface area contributed by atoms with Gasteiger partial charge in [0.05, 0.1) is 0 Å². The van der Waals surface area contributed by atoms with Crippen molar-refractivity contribution in [2.24, 2.45) is 4.99 Å². The largest absolute Gasteiger partial charge is 0.473 e. The van der Waals surface area contributed by atoms with Crippen molar-refractivity contribution in [3.05, 3.63) is 35.9 Å². The molecule has 2 aliphatic rings. The number of rotatable bonds is 4. The van der Waals surface area contributed by atoms with Crippen molar-refractivity contribution in [3.63, 3.8) is 0 Å². The molecule has 154 valence electrons. The van der Waals surface area contributed by atoms with Crippen LogP contribution in [-0.4, -0.2) is 102 Å². The number of benzene rings is 1. The Balaban J connectivity index is 0.000000409. The van der Waals surface area contributed by atoms with Crippen LogP contribution in [0, 0.1) is 0 Å². The molecule has 1 aromatic rings. The summed E-state index contributed by atoms with van der Waals surface area (Å²) in [6, 6.07) is 10.6. The fraction of sp³-hybridized carbons (Fsp3) is 0.550. The van der Waals surface area contributed by atoms with E-state index in [-0.39, 0.29) is 0 Å². The zero-order chi connectivity index (χ0) is 20.4. The summed E-state index contributed by atoms with van der Waals surface area (Å²) in [5.74, 6) is -2.51. The molecule has 3 rings (SSSR count). The molecule has 2 heterocycles. The Morgan fingerprint density at radius 3 is 1.82 bits per heavy atom. The summed E-state index contributed by atoms with van der Waals surface area (Å²) in [6.07, 6.45) is 2.78. The lowest BCUT2D eigenvalue weighted by Crippen LogP contribution is -2.50. The number of hydrogen-bond donors (Lipinski definition) is 2.